The molecule has 2 N–H and O–H groups in total. The summed E-state index contributed by atoms with van der Waals surface area (Å²) in [7, 11) is 0. The van der Waals surface area contributed by atoms with Gasteiger partial charge in [0.15, 0.2) is 0 Å². The maximum Gasteiger partial charge on any atom is 0.234 e. The van der Waals surface area contributed by atoms with Gasteiger partial charge in [0.2, 0.25) is 11.8 Å². The van der Waals surface area contributed by atoms with Crippen molar-refractivity contribution in [3.63, 3.8) is 0 Å². The molecule has 1 aliphatic carbocycles. The van der Waals surface area contributed by atoms with Gasteiger partial charge in [0.1, 0.15) is 5.88 Å². The zero-order chi connectivity index (χ0) is 12.5. The van der Waals surface area contributed by atoms with Gasteiger partial charge in [-0.3, -0.25) is 9.59 Å². The van der Waals surface area contributed by atoms with E-state index in [1.165, 1.54) is 25.7 Å². The molecule has 1 rings (SSSR count). The average Bonchev–Trinajstić information content (AvgIpc) is 2.82. The molecule has 0 aromatic rings. The summed E-state index contributed by atoms with van der Waals surface area (Å²) in [5, 5.41) is 5.44. The first-order valence-electron chi connectivity index (χ1n) is 6.31. The molecule has 0 unspecified atom stereocenters. The zero-order valence-electron chi connectivity index (χ0n) is 10.1. The van der Waals surface area contributed by atoms with Gasteiger partial charge in [-0.05, 0) is 12.3 Å². The standard InChI is InChI=1S/C12H21ClN2O2/c13-9-12(17)15-8-6-11(16)14-7-5-10-3-1-2-4-10/h10H,1-9H2,(H,14,16)(H,15,17). The third-order valence-corrected chi connectivity index (χ3v) is 3.39. The number of halogens is 1. The van der Waals surface area contributed by atoms with Crippen LogP contribution in [-0.2, 0) is 9.59 Å². The summed E-state index contributed by atoms with van der Waals surface area (Å²) >= 11 is 5.31. The fourth-order valence-corrected chi connectivity index (χ4v) is 2.26. The van der Waals surface area contributed by atoms with Crippen LogP contribution in [0.3, 0.4) is 0 Å². The molecule has 0 aliphatic heterocycles. The van der Waals surface area contributed by atoms with Crippen molar-refractivity contribution in [3.8, 4) is 0 Å². The number of rotatable bonds is 7. The molecule has 0 spiro atoms. The number of hydrogen-bond donors (Lipinski definition) is 2. The average molecular weight is 261 g/mol. The lowest BCUT2D eigenvalue weighted by atomic mass is 10.0. The lowest BCUT2D eigenvalue weighted by Crippen LogP contribution is -2.32. The second-order valence-electron chi connectivity index (χ2n) is 4.52. The molecule has 1 fully saturated rings. The van der Waals surface area contributed by atoms with E-state index in [9.17, 15) is 9.59 Å². The molecule has 0 heterocycles. The summed E-state index contributed by atoms with van der Waals surface area (Å²) in [5.41, 5.74) is 0. The fraction of sp³-hybridized carbons (Fsp3) is 0.833. The van der Waals surface area contributed by atoms with Crippen molar-refractivity contribution in [3.05, 3.63) is 0 Å². The third kappa shape index (κ3) is 6.51. The van der Waals surface area contributed by atoms with Gasteiger partial charge >= 0.3 is 0 Å². The fourth-order valence-electron chi connectivity index (χ4n) is 2.17. The van der Waals surface area contributed by atoms with Gasteiger partial charge in [-0.15, -0.1) is 11.6 Å². The van der Waals surface area contributed by atoms with Crippen LogP contribution in [0.15, 0.2) is 0 Å². The number of carbonyl (C=O) groups excluding carboxylic acids is 2. The largest absolute Gasteiger partial charge is 0.356 e. The smallest absolute Gasteiger partial charge is 0.234 e. The van der Waals surface area contributed by atoms with E-state index >= 15 is 0 Å². The first-order valence-corrected chi connectivity index (χ1v) is 6.85. The predicted molar refractivity (Wildman–Crippen MR) is 67.9 cm³/mol. The highest BCUT2D eigenvalue weighted by atomic mass is 35.5. The minimum Gasteiger partial charge on any atom is -0.356 e. The van der Waals surface area contributed by atoms with Crippen LogP contribution >= 0.6 is 11.6 Å². The minimum atomic E-state index is -0.231. The van der Waals surface area contributed by atoms with Gasteiger partial charge in [0, 0.05) is 19.5 Å². The Bertz CT molecular complexity index is 253. The Balaban J connectivity index is 1.95. The van der Waals surface area contributed by atoms with E-state index in [2.05, 4.69) is 10.6 Å². The van der Waals surface area contributed by atoms with Crippen molar-refractivity contribution in [1.82, 2.24) is 10.6 Å². The van der Waals surface area contributed by atoms with Gasteiger partial charge in [-0.1, -0.05) is 25.7 Å². The van der Waals surface area contributed by atoms with Gasteiger partial charge in [-0.2, -0.15) is 0 Å². The number of amides is 2. The van der Waals surface area contributed by atoms with Crippen molar-refractivity contribution >= 4 is 23.4 Å². The van der Waals surface area contributed by atoms with E-state index in [1.807, 2.05) is 0 Å². The lowest BCUT2D eigenvalue weighted by molar-refractivity contribution is -0.121. The molecule has 0 aromatic heterocycles. The van der Waals surface area contributed by atoms with Gasteiger partial charge < -0.3 is 10.6 Å². The Morgan fingerprint density at radius 2 is 1.71 bits per heavy atom. The van der Waals surface area contributed by atoms with Gasteiger partial charge in [0.25, 0.3) is 0 Å². The molecule has 1 aliphatic rings. The Kier molecular flexibility index (Phi) is 7.01. The van der Waals surface area contributed by atoms with Gasteiger partial charge in [0.05, 0.1) is 0 Å². The highest BCUT2D eigenvalue weighted by Crippen LogP contribution is 2.26. The van der Waals surface area contributed by atoms with Crippen molar-refractivity contribution in [1.29, 1.82) is 0 Å². The van der Waals surface area contributed by atoms with E-state index < -0.39 is 0 Å². The lowest BCUT2D eigenvalue weighted by Gasteiger charge is -2.09. The van der Waals surface area contributed by atoms with Crippen molar-refractivity contribution in [2.45, 2.75) is 38.5 Å². The Hall–Kier alpha value is -0.770. The van der Waals surface area contributed by atoms with E-state index in [0.717, 1.165) is 18.9 Å². The molecule has 0 radical (unpaired) electrons. The van der Waals surface area contributed by atoms with E-state index in [4.69, 9.17) is 11.6 Å². The van der Waals surface area contributed by atoms with Crippen LogP contribution in [0.1, 0.15) is 38.5 Å². The number of hydrogen-bond acceptors (Lipinski definition) is 2. The Labute approximate surface area is 107 Å². The van der Waals surface area contributed by atoms with Crippen LogP contribution < -0.4 is 10.6 Å². The summed E-state index contributed by atoms with van der Waals surface area (Å²) in [5.74, 6) is 0.512. The molecule has 17 heavy (non-hydrogen) atoms. The normalized spacial score (nSPS) is 15.8. The summed E-state index contributed by atoms with van der Waals surface area (Å²) in [4.78, 5) is 22.2. The first kappa shape index (κ1) is 14.3. The Morgan fingerprint density at radius 1 is 1.06 bits per heavy atom. The maximum atomic E-state index is 11.4. The molecule has 0 aromatic carbocycles. The highest BCUT2D eigenvalue weighted by Gasteiger charge is 2.14. The molecule has 4 nitrogen and oxygen atoms in total. The van der Waals surface area contributed by atoms with Crippen LogP contribution in [0.4, 0.5) is 0 Å². The van der Waals surface area contributed by atoms with Gasteiger partial charge in [-0.25, -0.2) is 0 Å². The second kappa shape index (κ2) is 8.34. The number of nitrogens with one attached hydrogen (secondary N) is 2. The van der Waals surface area contributed by atoms with Crippen LogP contribution in [0.5, 0.6) is 0 Å². The molecule has 2 amide bonds. The summed E-state index contributed by atoms with van der Waals surface area (Å²) in [6.45, 7) is 1.12. The number of alkyl halides is 1. The monoisotopic (exact) mass is 260 g/mol. The SMILES string of the molecule is O=C(CCl)NCCC(=O)NCCC1CCCC1. The molecule has 5 heteroatoms. The maximum absolute atomic E-state index is 11.4. The van der Waals surface area contributed by atoms with Crippen LogP contribution in [0.2, 0.25) is 0 Å². The summed E-state index contributed by atoms with van der Waals surface area (Å²) < 4.78 is 0. The van der Waals surface area contributed by atoms with Crippen LogP contribution in [-0.4, -0.2) is 30.8 Å². The van der Waals surface area contributed by atoms with Crippen molar-refractivity contribution < 1.29 is 9.59 Å². The van der Waals surface area contributed by atoms with Crippen LogP contribution in [0, 0.1) is 5.92 Å². The predicted octanol–water partition coefficient (Wildman–Crippen LogP) is 1.43. The molecule has 0 atom stereocenters. The van der Waals surface area contributed by atoms with E-state index in [0.29, 0.717) is 13.0 Å². The summed E-state index contributed by atoms with van der Waals surface area (Å²) in [6, 6.07) is 0. The minimum absolute atomic E-state index is 0.00197. The van der Waals surface area contributed by atoms with E-state index in [1.54, 1.807) is 0 Å². The topological polar surface area (TPSA) is 58.2 Å². The molecule has 1 saturated carbocycles. The molecular weight excluding hydrogens is 240 g/mol. The molecule has 98 valence electrons. The quantitative estimate of drug-likeness (QED) is 0.681. The van der Waals surface area contributed by atoms with E-state index in [-0.39, 0.29) is 17.7 Å². The first-order chi connectivity index (χ1) is 8.22. The second-order valence-corrected chi connectivity index (χ2v) is 4.79. The summed E-state index contributed by atoms with van der Waals surface area (Å²) in [6.07, 6.45) is 6.70. The third-order valence-electron chi connectivity index (χ3n) is 3.15. The van der Waals surface area contributed by atoms with Crippen LogP contribution in [0.25, 0.3) is 0 Å². The highest BCUT2D eigenvalue weighted by molar-refractivity contribution is 6.27. The molecule has 0 bridgehead atoms. The van der Waals surface area contributed by atoms with Crippen molar-refractivity contribution in [2.75, 3.05) is 19.0 Å². The molecular formula is C12H21ClN2O2. The van der Waals surface area contributed by atoms with Crippen molar-refractivity contribution in [2.24, 2.45) is 5.92 Å². The zero-order valence-corrected chi connectivity index (χ0v) is 10.9. The number of carbonyl (C=O) groups is 2. The Morgan fingerprint density at radius 3 is 2.35 bits per heavy atom. The molecule has 0 saturated heterocycles.